The number of para-hydroxylation sites is 2. The van der Waals surface area contributed by atoms with Gasteiger partial charge < -0.3 is 8.83 Å². The number of rotatable bonds is 6. The highest BCUT2D eigenvalue weighted by molar-refractivity contribution is 6.12. The second-order valence-electron chi connectivity index (χ2n) is 14.0. The molecule has 5 nitrogen and oxygen atoms in total. The van der Waals surface area contributed by atoms with Crippen LogP contribution in [0.15, 0.2) is 197 Å². The number of nitrogens with zero attached hydrogens (tertiary/aromatic N) is 3. The van der Waals surface area contributed by atoms with Crippen LogP contribution in [-0.2, 0) is 0 Å². The standard InChI is InChI=1S/C51H31N3O2/c1-2-12-33(13-3-1)38-16-4-5-18-42(38)51-53-49(34-26-24-32(25-27-34)35-28-29-41-40-17-6-8-21-44(40)56-47(41)31-35)52-50(54-51)37-15-10-14-36(30-37)39-20-11-23-46-48(39)43-19-7-9-22-45(43)55-46/h1-31H. The van der Waals surface area contributed by atoms with E-state index in [0.717, 1.165) is 93.9 Å². The Morgan fingerprint density at radius 2 is 0.804 bits per heavy atom. The van der Waals surface area contributed by atoms with Gasteiger partial charge in [0, 0.05) is 38.2 Å². The number of fused-ring (bicyclic) bond motifs is 6. The first-order chi connectivity index (χ1) is 27.7. The van der Waals surface area contributed by atoms with Gasteiger partial charge in [-0.05, 0) is 69.8 Å². The van der Waals surface area contributed by atoms with Crippen molar-refractivity contribution in [2.24, 2.45) is 0 Å². The van der Waals surface area contributed by atoms with Gasteiger partial charge >= 0.3 is 0 Å². The fraction of sp³-hybridized carbons (Fsp3) is 0. The van der Waals surface area contributed by atoms with Gasteiger partial charge in [0.05, 0.1) is 0 Å². The Hall–Kier alpha value is -7.63. The summed E-state index contributed by atoms with van der Waals surface area (Å²) in [5, 5.41) is 4.42. The predicted octanol–water partition coefficient (Wildman–Crippen LogP) is 13.7. The highest BCUT2D eigenvalue weighted by atomic mass is 16.3. The maximum atomic E-state index is 6.24. The molecule has 0 unspecified atom stereocenters. The smallest absolute Gasteiger partial charge is 0.164 e. The summed E-state index contributed by atoms with van der Waals surface area (Å²) in [7, 11) is 0. The maximum Gasteiger partial charge on any atom is 0.164 e. The zero-order valence-corrected chi connectivity index (χ0v) is 30.1. The summed E-state index contributed by atoms with van der Waals surface area (Å²) in [6.45, 7) is 0. The van der Waals surface area contributed by atoms with Crippen molar-refractivity contribution in [3.8, 4) is 67.5 Å². The third-order valence-corrected chi connectivity index (χ3v) is 10.6. The molecule has 0 spiro atoms. The minimum Gasteiger partial charge on any atom is -0.456 e. The highest BCUT2D eigenvalue weighted by Gasteiger charge is 2.18. The first-order valence-corrected chi connectivity index (χ1v) is 18.7. The van der Waals surface area contributed by atoms with E-state index in [9.17, 15) is 0 Å². The van der Waals surface area contributed by atoms with Gasteiger partial charge in [-0.25, -0.2) is 15.0 Å². The van der Waals surface area contributed by atoms with Crippen LogP contribution in [0.1, 0.15) is 0 Å². The van der Waals surface area contributed by atoms with Crippen molar-refractivity contribution in [2.45, 2.75) is 0 Å². The third-order valence-electron chi connectivity index (χ3n) is 10.6. The van der Waals surface area contributed by atoms with E-state index in [1.165, 1.54) is 0 Å². The maximum absolute atomic E-state index is 6.24. The molecule has 0 aliphatic carbocycles. The fourth-order valence-electron chi connectivity index (χ4n) is 7.86. The van der Waals surface area contributed by atoms with Crippen LogP contribution in [0.25, 0.3) is 111 Å². The molecule has 0 fully saturated rings. The van der Waals surface area contributed by atoms with Gasteiger partial charge in [0.25, 0.3) is 0 Å². The van der Waals surface area contributed by atoms with E-state index in [-0.39, 0.29) is 0 Å². The second kappa shape index (κ2) is 13.0. The summed E-state index contributed by atoms with van der Waals surface area (Å²) in [4.78, 5) is 15.5. The van der Waals surface area contributed by atoms with Gasteiger partial charge in [0.15, 0.2) is 17.5 Å². The van der Waals surface area contributed by atoms with Crippen LogP contribution >= 0.6 is 0 Å². The Morgan fingerprint density at radius 3 is 1.64 bits per heavy atom. The molecule has 0 atom stereocenters. The quantitative estimate of drug-likeness (QED) is 0.171. The topological polar surface area (TPSA) is 65.0 Å². The van der Waals surface area contributed by atoms with Crippen LogP contribution < -0.4 is 0 Å². The molecule has 0 bridgehead atoms. The minimum atomic E-state index is 0.596. The van der Waals surface area contributed by atoms with Crippen LogP contribution in [-0.4, -0.2) is 15.0 Å². The number of furan rings is 2. The lowest BCUT2D eigenvalue weighted by atomic mass is 9.97. The second-order valence-corrected chi connectivity index (χ2v) is 14.0. The number of aromatic nitrogens is 3. The molecule has 0 N–H and O–H groups in total. The Kier molecular flexibility index (Phi) is 7.42. The molecule has 5 heteroatoms. The van der Waals surface area contributed by atoms with Crippen molar-refractivity contribution in [1.82, 2.24) is 15.0 Å². The lowest BCUT2D eigenvalue weighted by Gasteiger charge is -2.13. The van der Waals surface area contributed by atoms with E-state index in [0.29, 0.717) is 17.5 Å². The molecule has 0 saturated carbocycles. The number of hydrogen-bond donors (Lipinski definition) is 0. The normalized spacial score (nSPS) is 11.6. The van der Waals surface area contributed by atoms with Crippen molar-refractivity contribution in [2.75, 3.05) is 0 Å². The van der Waals surface area contributed by atoms with Crippen LogP contribution in [0.2, 0.25) is 0 Å². The van der Waals surface area contributed by atoms with Crippen molar-refractivity contribution in [1.29, 1.82) is 0 Å². The monoisotopic (exact) mass is 717 g/mol. The Morgan fingerprint density at radius 1 is 0.268 bits per heavy atom. The van der Waals surface area contributed by atoms with E-state index >= 15 is 0 Å². The van der Waals surface area contributed by atoms with Crippen molar-refractivity contribution >= 4 is 43.9 Å². The molecule has 8 aromatic carbocycles. The fourth-order valence-corrected chi connectivity index (χ4v) is 7.86. The molecule has 0 aliphatic rings. The van der Waals surface area contributed by atoms with E-state index in [4.69, 9.17) is 23.8 Å². The van der Waals surface area contributed by atoms with E-state index in [2.05, 4.69) is 133 Å². The summed E-state index contributed by atoms with van der Waals surface area (Å²) < 4.78 is 12.4. The van der Waals surface area contributed by atoms with Crippen LogP contribution in [0.3, 0.4) is 0 Å². The van der Waals surface area contributed by atoms with Gasteiger partial charge in [-0.1, -0.05) is 152 Å². The molecule has 0 saturated heterocycles. The summed E-state index contributed by atoms with van der Waals surface area (Å²) in [6.07, 6.45) is 0. The first kappa shape index (κ1) is 31.9. The molecular weight excluding hydrogens is 687 g/mol. The molecule has 11 rings (SSSR count). The van der Waals surface area contributed by atoms with Crippen LogP contribution in [0, 0.1) is 0 Å². The highest BCUT2D eigenvalue weighted by Crippen LogP contribution is 2.39. The molecule has 262 valence electrons. The van der Waals surface area contributed by atoms with Gasteiger partial charge in [-0.3, -0.25) is 0 Å². The van der Waals surface area contributed by atoms with Crippen molar-refractivity contribution in [3.05, 3.63) is 188 Å². The molecule has 0 amide bonds. The number of hydrogen-bond acceptors (Lipinski definition) is 5. The lowest BCUT2D eigenvalue weighted by molar-refractivity contribution is 0.668. The zero-order chi connectivity index (χ0) is 37.0. The van der Waals surface area contributed by atoms with Crippen LogP contribution in [0.4, 0.5) is 0 Å². The molecule has 3 heterocycles. The molecular formula is C51H31N3O2. The Bertz CT molecular complexity index is 3250. The largest absolute Gasteiger partial charge is 0.456 e. The molecule has 56 heavy (non-hydrogen) atoms. The summed E-state index contributed by atoms with van der Waals surface area (Å²) in [6, 6.07) is 64.5. The summed E-state index contributed by atoms with van der Waals surface area (Å²) in [5.74, 6) is 1.80. The molecule has 3 aromatic heterocycles. The summed E-state index contributed by atoms with van der Waals surface area (Å²) >= 11 is 0. The van der Waals surface area contributed by atoms with Crippen LogP contribution in [0.5, 0.6) is 0 Å². The zero-order valence-electron chi connectivity index (χ0n) is 30.1. The first-order valence-electron chi connectivity index (χ1n) is 18.7. The van der Waals surface area contributed by atoms with Gasteiger partial charge in [-0.15, -0.1) is 0 Å². The van der Waals surface area contributed by atoms with E-state index in [1.54, 1.807) is 0 Å². The molecule has 0 radical (unpaired) electrons. The lowest BCUT2D eigenvalue weighted by Crippen LogP contribution is -2.01. The Labute approximate surface area is 322 Å². The Balaban J connectivity index is 1.04. The van der Waals surface area contributed by atoms with Gasteiger partial charge in [0.1, 0.15) is 22.3 Å². The van der Waals surface area contributed by atoms with Gasteiger partial charge in [-0.2, -0.15) is 0 Å². The molecule has 11 aromatic rings. The SMILES string of the molecule is c1ccc(-c2ccccc2-c2nc(-c3ccc(-c4ccc5c(c4)oc4ccccc45)cc3)nc(-c3cccc(-c4cccc5oc6ccccc6c45)c3)n2)cc1. The minimum absolute atomic E-state index is 0.596. The third kappa shape index (κ3) is 5.45. The predicted molar refractivity (Wildman–Crippen MR) is 227 cm³/mol. The molecule has 0 aliphatic heterocycles. The van der Waals surface area contributed by atoms with Crippen molar-refractivity contribution in [3.63, 3.8) is 0 Å². The average molecular weight is 718 g/mol. The average Bonchev–Trinajstić information content (AvgIpc) is 3.85. The number of benzene rings is 8. The summed E-state index contributed by atoms with van der Waals surface area (Å²) in [5.41, 5.74) is 12.7. The van der Waals surface area contributed by atoms with E-state index in [1.807, 2.05) is 54.6 Å². The van der Waals surface area contributed by atoms with Crippen molar-refractivity contribution < 1.29 is 8.83 Å². The van der Waals surface area contributed by atoms with E-state index < -0.39 is 0 Å². The van der Waals surface area contributed by atoms with Gasteiger partial charge in [0.2, 0.25) is 0 Å².